The standard InChI is InChI=1S/C16H23NO4/c1-4-20-13-7-9-14(10-8-13)21-11-16(17-2,12-5-6-12)15(18)19-3/h7-10,12,17H,4-6,11H2,1-3H3. The Labute approximate surface area is 125 Å². The van der Waals surface area contributed by atoms with Crippen LogP contribution in [-0.2, 0) is 9.53 Å². The summed E-state index contributed by atoms with van der Waals surface area (Å²) in [6, 6.07) is 7.40. The predicted molar refractivity (Wildman–Crippen MR) is 79.6 cm³/mol. The molecule has 21 heavy (non-hydrogen) atoms. The van der Waals surface area contributed by atoms with Crippen molar-refractivity contribution in [3.05, 3.63) is 24.3 Å². The normalized spacial score (nSPS) is 16.9. The van der Waals surface area contributed by atoms with Crippen molar-refractivity contribution in [2.24, 2.45) is 5.92 Å². The van der Waals surface area contributed by atoms with Gasteiger partial charge in [-0.05, 0) is 57.0 Å². The lowest BCUT2D eigenvalue weighted by molar-refractivity contribution is -0.151. The maximum absolute atomic E-state index is 12.1. The fourth-order valence-corrected chi connectivity index (χ4v) is 2.48. The first-order valence-corrected chi connectivity index (χ1v) is 7.29. The summed E-state index contributed by atoms with van der Waals surface area (Å²) in [6.07, 6.45) is 2.03. The van der Waals surface area contributed by atoms with Crippen LogP contribution in [0.25, 0.3) is 0 Å². The Morgan fingerprint density at radius 1 is 1.24 bits per heavy atom. The molecule has 5 nitrogen and oxygen atoms in total. The predicted octanol–water partition coefficient (Wildman–Crippen LogP) is 2.01. The number of esters is 1. The molecule has 0 bridgehead atoms. The molecule has 0 aliphatic heterocycles. The van der Waals surface area contributed by atoms with E-state index in [1.807, 2.05) is 31.2 Å². The maximum atomic E-state index is 12.1. The zero-order chi connectivity index (χ0) is 15.3. The highest BCUT2D eigenvalue weighted by atomic mass is 16.5. The van der Waals surface area contributed by atoms with E-state index in [0.717, 1.165) is 18.6 Å². The first-order valence-electron chi connectivity index (χ1n) is 7.29. The number of carbonyl (C=O) groups is 1. The van der Waals surface area contributed by atoms with E-state index in [1.165, 1.54) is 7.11 Å². The van der Waals surface area contributed by atoms with Gasteiger partial charge in [0.1, 0.15) is 18.1 Å². The third kappa shape index (κ3) is 3.47. The van der Waals surface area contributed by atoms with E-state index in [0.29, 0.717) is 12.4 Å². The molecule has 1 saturated carbocycles. The molecule has 1 aromatic rings. The van der Waals surface area contributed by atoms with Gasteiger partial charge < -0.3 is 19.5 Å². The molecular formula is C16H23NO4. The van der Waals surface area contributed by atoms with Crippen LogP contribution in [0.5, 0.6) is 11.5 Å². The minimum Gasteiger partial charge on any atom is -0.494 e. The summed E-state index contributed by atoms with van der Waals surface area (Å²) in [5.41, 5.74) is -0.757. The molecule has 1 fully saturated rings. The second-order valence-electron chi connectivity index (χ2n) is 5.18. The summed E-state index contributed by atoms with van der Waals surface area (Å²) >= 11 is 0. The van der Waals surface area contributed by atoms with Crippen molar-refractivity contribution in [2.75, 3.05) is 27.4 Å². The molecule has 1 aliphatic rings. The number of rotatable bonds is 8. The van der Waals surface area contributed by atoms with Gasteiger partial charge in [-0.3, -0.25) is 0 Å². The molecule has 0 spiro atoms. The molecule has 2 rings (SSSR count). The number of carbonyl (C=O) groups excluding carboxylic acids is 1. The van der Waals surface area contributed by atoms with Crippen LogP contribution in [-0.4, -0.2) is 38.9 Å². The largest absolute Gasteiger partial charge is 0.494 e. The number of benzene rings is 1. The van der Waals surface area contributed by atoms with E-state index >= 15 is 0 Å². The van der Waals surface area contributed by atoms with Gasteiger partial charge in [-0.15, -0.1) is 0 Å². The van der Waals surface area contributed by atoms with Gasteiger partial charge in [0.25, 0.3) is 0 Å². The molecular weight excluding hydrogens is 270 g/mol. The molecule has 0 heterocycles. The SMILES string of the molecule is CCOc1ccc(OCC(NC)(C(=O)OC)C2CC2)cc1. The molecule has 0 radical (unpaired) electrons. The zero-order valence-corrected chi connectivity index (χ0v) is 12.8. The average molecular weight is 293 g/mol. The third-order valence-electron chi connectivity index (χ3n) is 3.87. The van der Waals surface area contributed by atoms with Crippen LogP contribution in [0, 0.1) is 5.92 Å². The number of hydrogen-bond acceptors (Lipinski definition) is 5. The van der Waals surface area contributed by atoms with Crippen molar-refractivity contribution >= 4 is 5.97 Å². The Hall–Kier alpha value is -1.75. The molecule has 0 amide bonds. The molecule has 116 valence electrons. The van der Waals surface area contributed by atoms with Gasteiger partial charge in [0.15, 0.2) is 5.54 Å². The van der Waals surface area contributed by atoms with Crippen LogP contribution in [0.1, 0.15) is 19.8 Å². The highest BCUT2D eigenvalue weighted by Crippen LogP contribution is 2.40. The van der Waals surface area contributed by atoms with Crippen molar-refractivity contribution in [3.63, 3.8) is 0 Å². The molecule has 1 unspecified atom stereocenters. The Morgan fingerprint density at radius 3 is 2.24 bits per heavy atom. The third-order valence-corrected chi connectivity index (χ3v) is 3.87. The summed E-state index contributed by atoms with van der Waals surface area (Å²) in [5, 5.41) is 3.11. The number of hydrogen-bond donors (Lipinski definition) is 1. The van der Waals surface area contributed by atoms with Gasteiger partial charge >= 0.3 is 5.97 Å². The summed E-state index contributed by atoms with van der Waals surface area (Å²) in [6.45, 7) is 2.83. The average Bonchev–Trinajstić information content (AvgIpc) is 3.35. The zero-order valence-electron chi connectivity index (χ0n) is 12.8. The van der Waals surface area contributed by atoms with Gasteiger partial charge in [-0.25, -0.2) is 4.79 Å². The van der Waals surface area contributed by atoms with Crippen LogP contribution >= 0.6 is 0 Å². The molecule has 1 N–H and O–H groups in total. The number of nitrogens with one attached hydrogen (secondary N) is 1. The monoisotopic (exact) mass is 293 g/mol. The fourth-order valence-electron chi connectivity index (χ4n) is 2.48. The van der Waals surface area contributed by atoms with Gasteiger partial charge in [0.05, 0.1) is 13.7 Å². The van der Waals surface area contributed by atoms with Gasteiger partial charge in [0, 0.05) is 0 Å². The van der Waals surface area contributed by atoms with Gasteiger partial charge in [-0.2, -0.15) is 0 Å². The van der Waals surface area contributed by atoms with E-state index in [2.05, 4.69) is 5.32 Å². The Morgan fingerprint density at radius 2 is 1.81 bits per heavy atom. The molecule has 0 saturated heterocycles. The summed E-state index contributed by atoms with van der Waals surface area (Å²) in [5.74, 6) is 1.53. The van der Waals surface area contributed by atoms with Crippen molar-refractivity contribution in [2.45, 2.75) is 25.3 Å². The number of ether oxygens (including phenoxy) is 3. The van der Waals surface area contributed by atoms with Crippen LogP contribution in [0.2, 0.25) is 0 Å². The molecule has 5 heteroatoms. The van der Waals surface area contributed by atoms with Crippen LogP contribution < -0.4 is 14.8 Å². The lowest BCUT2D eigenvalue weighted by atomic mass is 9.94. The first kappa shape index (κ1) is 15.6. The van der Waals surface area contributed by atoms with Crippen molar-refractivity contribution in [3.8, 4) is 11.5 Å². The van der Waals surface area contributed by atoms with Gasteiger partial charge in [0.2, 0.25) is 0 Å². The minimum atomic E-state index is -0.757. The van der Waals surface area contributed by atoms with Crippen molar-refractivity contribution in [1.29, 1.82) is 0 Å². The lowest BCUT2D eigenvalue weighted by Gasteiger charge is -2.30. The van der Waals surface area contributed by atoms with Crippen molar-refractivity contribution in [1.82, 2.24) is 5.32 Å². The van der Waals surface area contributed by atoms with Crippen LogP contribution in [0.15, 0.2) is 24.3 Å². The second kappa shape index (κ2) is 6.80. The lowest BCUT2D eigenvalue weighted by Crippen LogP contribution is -2.57. The van der Waals surface area contributed by atoms with Crippen LogP contribution in [0.3, 0.4) is 0 Å². The van der Waals surface area contributed by atoms with Crippen LogP contribution in [0.4, 0.5) is 0 Å². The van der Waals surface area contributed by atoms with Gasteiger partial charge in [-0.1, -0.05) is 0 Å². The van der Waals surface area contributed by atoms with E-state index in [1.54, 1.807) is 7.05 Å². The summed E-state index contributed by atoms with van der Waals surface area (Å²) < 4.78 is 16.1. The Kier molecular flexibility index (Phi) is 5.07. The smallest absolute Gasteiger partial charge is 0.329 e. The molecule has 1 aromatic carbocycles. The molecule has 0 aromatic heterocycles. The fraction of sp³-hybridized carbons (Fsp3) is 0.562. The Balaban J connectivity index is 2.02. The maximum Gasteiger partial charge on any atom is 0.329 e. The summed E-state index contributed by atoms with van der Waals surface area (Å²) in [4.78, 5) is 12.1. The number of likely N-dealkylation sites (N-methyl/N-ethyl adjacent to an activating group) is 1. The minimum absolute atomic E-state index is 0.259. The number of methoxy groups -OCH3 is 1. The highest BCUT2D eigenvalue weighted by Gasteiger charge is 2.51. The molecule has 1 atom stereocenters. The van der Waals surface area contributed by atoms with E-state index in [-0.39, 0.29) is 18.5 Å². The Bertz CT molecular complexity index is 470. The van der Waals surface area contributed by atoms with E-state index < -0.39 is 5.54 Å². The van der Waals surface area contributed by atoms with E-state index in [4.69, 9.17) is 14.2 Å². The quantitative estimate of drug-likeness (QED) is 0.743. The topological polar surface area (TPSA) is 56.8 Å². The summed E-state index contributed by atoms with van der Waals surface area (Å²) in [7, 11) is 3.18. The van der Waals surface area contributed by atoms with E-state index in [9.17, 15) is 4.79 Å². The first-order chi connectivity index (χ1) is 10.2. The highest BCUT2D eigenvalue weighted by molar-refractivity contribution is 5.82. The van der Waals surface area contributed by atoms with Crippen molar-refractivity contribution < 1.29 is 19.0 Å². The second-order valence-corrected chi connectivity index (χ2v) is 5.18. The molecule has 1 aliphatic carbocycles.